The molecule has 3 heteroatoms. The van der Waals surface area contributed by atoms with E-state index in [1.807, 2.05) is 19.1 Å². The highest BCUT2D eigenvalue weighted by atomic mass is 28.3. The van der Waals surface area contributed by atoms with Crippen molar-refractivity contribution in [3.63, 3.8) is 0 Å². The molecule has 0 radical (unpaired) electrons. The molecule has 0 aliphatic rings. The van der Waals surface area contributed by atoms with Gasteiger partial charge in [0.15, 0.2) is 0 Å². The maximum atomic E-state index is 5.82. The summed E-state index contributed by atoms with van der Waals surface area (Å²) in [6, 6.07) is 4.01. The highest BCUT2D eigenvalue weighted by molar-refractivity contribution is 6.83. The number of rotatable bonds is 5. The van der Waals surface area contributed by atoms with Crippen LogP contribution in [-0.4, -0.2) is 19.7 Å². The Morgan fingerprint density at radius 2 is 1.94 bits per heavy atom. The third-order valence-corrected chi connectivity index (χ3v) is 4.81. The molecule has 0 aliphatic heterocycles. The molecule has 1 unspecified atom stereocenters. The van der Waals surface area contributed by atoms with Gasteiger partial charge in [-0.3, -0.25) is 4.98 Å². The Morgan fingerprint density at radius 1 is 1.38 bits per heavy atom. The highest BCUT2D eigenvalue weighted by Crippen LogP contribution is 2.30. The molecule has 0 saturated heterocycles. The van der Waals surface area contributed by atoms with Crippen LogP contribution in [0.15, 0.2) is 36.3 Å². The second-order valence-corrected chi connectivity index (χ2v) is 10.0. The van der Waals surface area contributed by atoms with Gasteiger partial charge in [0, 0.05) is 19.0 Å². The summed E-state index contributed by atoms with van der Waals surface area (Å²) < 4.78 is 5.82. The van der Waals surface area contributed by atoms with Crippen LogP contribution in [0, 0.1) is 0 Å². The van der Waals surface area contributed by atoms with Gasteiger partial charge in [-0.2, -0.15) is 0 Å². The van der Waals surface area contributed by atoms with Gasteiger partial charge in [0.25, 0.3) is 0 Å². The van der Waals surface area contributed by atoms with Crippen LogP contribution in [-0.2, 0) is 4.74 Å². The molecular formula is C13H21NOSi. The molecule has 0 aliphatic carbocycles. The topological polar surface area (TPSA) is 22.1 Å². The van der Waals surface area contributed by atoms with Gasteiger partial charge in [-0.25, -0.2) is 0 Å². The molecule has 2 nitrogen and oxygen atoms in total. The molecule has 88 valence electrons. The fraction of sp³-hybridized carbons (Fsp3) is 0.462. The van der Waals surface area contributed by atoms with E-state index in [2.05, 4.69) is 31.2 Å². The van der Waals surface area contributed by atoms with E-state index in [-0.39, 0.29) is 6.10 Å². The van der Waals surface area contributed by atoms with Crippen molar-refractivity contribution in [2.75, 3.05) is 6.61 Å². The first-order valence-electron chi connectivity index (χ1n) is 5.67. The SMILES string of the molecule is C=C(C(OCC)c1ccncc1)[Si](C)(C)C. The lowest BCUT2D eigenvalue weighted by molar-refractivity contribution is 0.0929. The zero-order valence-corrected chi connectivity index (χ0v) is 11.7. The minimum atomic E-state index is -1.38. The Labute approximate surface area is 99.4 Å². The van der Waals surface area contributed by atoms with E-state index in [1.54, 1.807) is 12.4 Å². The van der Waals surface area contributed by atoms with Crippen molar-refractivity contribution < 1.29 is 4.74 Å². The Bertz CT molecular complexity index is 343. The summed E-state index contributed by atoms with van der Waals surface area (Å²) >= 11 is 0. The molecule has 1 aromatic heterocycles. The third kappa shape index (κ3) is 3.28. The number of hydrogen-bond acceptors (Lipinski definition) is 2. The van der Waals surface area contributed by atoms with Gasteiger partial charge in [-0.05, 0) is 24.6 Å². The summed E-state index contributed by atoms with van der Waals surface area (Å²) in [6.07, 6.45) is 3.64. The van der Waals surface area contributed by atoms with Gasteiger partial charge < -0.3 is 4.74 Å². The average molecular weight is 235 g/mol. The number of hydrogen-bond donors (Lipinski definition) is 0. The molecule has 0 amide bonds. The summed E-state index contributed by atoms with van der Waals surface area (Å²) in [5.74, 6) is 0. The lowest BCUT2D eigenvalue weighted by Gasteiger charge is -2.28. The van der Waals surface area contributed by atoms with E-state index in [9.17, 15) is 0 Å². The lowest BCUT2D eigenvalue weighted by atomic mass is 10.1. The fourth-order valence-corrected chi connectivity index (χ4v) is 2.53. The molecule has 0 saturated carbocycles. The predicted molar refractivity (Wildman–Crippen MR) is 71.1 cm³/mol. The first kappa shape index (κ1) is 13.1. The monoisotopic (exact) mass is 235 g/mol. The Morgan fingerprint density at radius 3 is 2.38 bits per heavy atom. The molecule has 0 aromatic carbocycles. The molecule has 1 aromatic rings. The quantitative estimate of drug-likeness (QED) is 0.728. The molecule has 1 heterocycles. The third-order valence-electron chi connectivity index (χ3n) is 2.62. The van der Waals surface area contributed by atoms with Crippen LogP contribution in [0.1, 0.15) is 18.6 Å². The molecular weight excluding hydrogens is 214 g/mol. The van der Waals surface area contributed by atoms with Crippen LogP contribution in [0.3, 0.4) is 0 Å². The second kappa shape index (κ2) is 5.41. The van der Waals surface area contributed by atoms with Gasteiger partial charge in [-0.1, -0.05) is 24.8 Å². The minimum absolute atomic E-state index is 0.0275. The molecule has 0 fully saturated rings. The maximum Gasteiger partial charge on any atom is 0.0999 e. The molecule has 0 spiro atoms. The van der Waals surface area contributed by atoms with E-state index in [1.165, 1.54) is 5.20 Å². The van der Waals surface area contributed by atoms with Crippen molar-refractivity contribution >= 4 is 8.07 Å². The summed E-state index contributed by atoms with van der Waals surface area (Å²) in [5.41, 5.74) is 1.16. The van der Waals surface area contributed by atoms with Crippen molar-refractivity contribution in [3.8, 4) is 0 Å². The molecule has 1 rings (SSSR count). The van der Waals surface area contributed by atoms with Gasteiger partial charge in [0.2, 0.25) is 0 Å². The molecule has 16 heavy (non-hydrogen) atoms. The first-order valence-corrected chi connectivity index (χ1v) is 9.17. The Hall–Kier alpha value is -0.933. The van der Waals surface area contributed by atoms with E-state index >= 15 is 0 Å². The fourth-order valence-electron chi connectivity index (χ4n) is 1.50. The van der Waals surface area contributed by atoms with Crippen molar-refractivity contribution in [2.45, 2.75) is 32.7 Å². The molecule has 0 bridgehead atoms. The zero-order valence-electron chi connectivity index (χ0n) is 10.7. The number of pyridine rings is 1. The second-order valence-electron chi connectivity index (χ2n) is 4.89. The van der Waals surface area contributed by atoms with Crippen molar-refractivity contribution in [2.24, 2.45) is 0 Å². The van der Waals surface area contributed by atoms with Gasteiger partial charge in [0.05, 0.1) is 14.2 Å². The van der Waals surface area contributed by atoms with Gasteiger partial charge in [-0.15, -0.1) is 6.58 Å². The molecule has 1 atom stereocenters. The minimum Gasteiger partial charge on any atom is -0.370 e. The van der Waals surface area contributed by atoms with Crippen molar-refractivity contribution in [1.29, 1.82) is 0 Å². The average Bonchev–Trinajstić information content (AvgIpc) is 2.25. The van der Waals surface area contributed by atoms with Crippen molar-refractivity contribution in [1.82, 2.24) is 4.98 Å². The van der Waals surface area contributed by atoms with Crippen molar-refractivity contribution in [3.05, 3.63) is 41.9 Å². The van der Waals surface area contributed by atoms with E-state index in [4.69, 9.17) is 4.74 Å². The number of nitrogens with zero attached hydrogens (tertiary/aromatic N) is 1. The normalized spacial score (nSPS) is 13.5. The van der Waals surface area contributed by atoms with Crippen LogP contribution in [0.5, 0.6) is 0 Å². The largest absolute Gasteiger partial charge is 0.370 e. The van der Waals surface area contributed by atoms with Crippen LogP contribution in [0.4, 0.5) is 0 Å². The Balaban J connectivity index is 2.97. The van der Waals surface area contributed by atoms with E-state index in [0.29, 0.717) is 6.61 Å². The van der Waals surface area contributed by atoms with Gasteiger partial charge >= 0.3 is 0 Å². The van der Waals surface area contributed by atoms with Crippen LogP contribution in [0.2, 0.25) is 19.6 Å². The maximum absolute atomic E-state index is 5.82. The zero-order chi connectivity index (χ0) is 12.2. The van der Waals surface area contributed by atoms with Gasteiger partial charge in [0.1, 0.15) is 0 Å². The number of aromatic nitrogens is 1. The van der Waals surface area contributed by atoms with Crippen LogP contribution < -0.4 is 0 Å². The first-order chi connectivity index (χ1) is 7.46. The van der Waals surface area contributed by atoms with Crippen LogP contribution >= 0.6 is 0 Å². The molecule has 0 N–H and O–H groups in total. The predicted octanol–water partition coefficient (Wildman–Crippen LogP) is 3.59. The highest BCUT2D eigenvalue weighted by Gasteiger charge is 2.26. The number of ether oxygens (including phenoxy) is 1. The summed E-state index contributed by atoms with van der Waals surface area (Å²) in [6.45, 7) is 13.8. The standard InChI is InChI=1S/C13H21NOSi/c1-6-15-13(11(2)16(3,4)5)12-7-9-14-10-8-12/h7-10,13H,2,6H2,1,3-5H3. The summed E-state index contributed by atoms with van der Waals surface area (Å²) in [4.78, 5) is 4.04. The van der Waals surface area contributed by atoms with E-state index < -0.39 is 8.07 Å². The Kier molecular flexibility index (Phi) is 4.44. The van der Waals surface area contributed by atoms with Crippen LogP contribution in [0.25, 0.3) is 0 Å². The summed E-state index contributed by atoms with van der Waals surface area (Å²) in [5, 5.41) is 1.24. The lowest BCUT2D eigenvalue weighted by Crippen LogP contribution is -2.28. The van der Waals surface area contributed by atoms with E-state index in [0.717, 1.165) is 5.56 Å². The smallest absolute Gasteiger partial charge is 0.0999 e. The summed E-state index contributed by atoms with van der Waals surface area (Å²) in [7, 11) is -1.38.